The van der Waals surface area contributed by atoms with Crippen molar-refractivity contribution in [1.82, 2.24) is 15.0 Å². The average Bonchev–Trinajstić information content (AvgIpc) is 2.50. The van der Waals surface area contributed by atoms with Gasteiger partial charge >= 0.3 is 6.03 Å². The van der Waals surface area contributed by atoms with Gasteiger partial charge in [-0.3, -0.25) is 4.98 Å². The molecule has 9 heteroatoms. The van der Waals surface area contributed by atoms with Gasteiger partial charge in [0.2, 0.25) is 0 Å². The lowest BCUT2D eigenvalue weighted by atomic mass is 10.3. The van der Waals surface area contributed by atoms with Gasteiger partial charge in [-0.05, 0) is 25.1 Å². The van der Waals surface area contributed by atoms with E-state index in [1.165, 1.54) is 12.3 Å². The molecule has 7 nitrogen and oxygen atoms in total. The number of para-hydroxylation sites is 1. The van der Waals surface area contributed by atoms with Gasteiger partial charge in [-0.1, -0.05) is 23.7 Å². The molecule has 0 atom stereocenters. The highest BCUT2D eigenvalue weighted by molar-refractivity contribution is 7.90. The molecule has 2 aromatic rings. The molecule has 0 saturated heterocycles. The molecule has 0 radical (unpaired) electrons. The Labute approximate surface area is 139 Å². The number of hydrogen-bond acceptors (Lipinski definition) is 5. The number of benzene rings is 1. The fraction of sp³-hybridized carbons (Fsp3) is 0.143. The van der Waals surface area contributed by atoms with Crippen molar-refractivity contribution in [2.75, 3.05) is 11.9 Å². The van der Waals surface area contributed by atoms with E-state index in [0.29, 0.717) is 17.3 Å². The largest absolute Gasteiger partial charge is 0.353 e. The van der Waals surface area contributed by atoms with Crippen molar-refractivity contribution >= 4 is 39.0 Å². The number of carbonyl (C=O) groups is 1. The number of nitrogens with one attached hydrogen (secondary N) is 3. The third-order valence-electron chi connectivity index (χ3n) is 2.78. The number of halogens is 1. The maximum atomic E-state index is 12.3. The number of nitrogens with zero attached hydrogens (tertiary/aromatic N) is 1. The first-order valence-corrected chi connectivity index (χ1v) is 8.56. The molecule has 0 aliphatic heterocycles. The van der Waals surface area contributed by atoms with Crippen molar-refractivity contribution in [3.63, 3.8) is 0 Å². The monoisotopic (exact) mass is 354 g/mol. The van der Waals surface area contributed by atoms with E-state index in [-0.39, 0.29) is 10.6 Å². The zero-order valence-corrected chi connectivity index (χ0v) is 13.8. The number of carbonyl (C=O) groups excluding carboxylic acids is 1. The number of sulfonamides is 1. The fourth-order valence-electron chi connectivity index (χ4n) is 1.78. The Kier molecular flexibility index (Phi) is 5.41. The molecule has 0 unspecified atom stereocenters. The number of pyridine rings is 1. The van der Waals surface area contributed by atoms with Crippen LogP contribution in [-0.4, -0.2) is 26.0 Å². The van der Waals surface area contributed by atoms with Gasteiger partial charge in [0.1, 0.15) is 4.90 Å². The van der Waals surface area contributed by atoms with Gasteiger partial charge in [-0.25, -0.2) is 17.9 Å². The summed E-state index contributed by atoms with van der Waals surface area (Å²) in [6, 6.07) is 7.57. The predicted molar refractivity (Wildman–Crippen MR) is 88.4 cm³/mol. The molecule has 0 saturated carbocycles. The molecule has 1 aromatic carbocycles. The predicted octanol–water partition coefficient (Wildman–Crippen LogP) is 2.49. The molecular formula is C14H15ClN4O3S. The SMILES string of the molecule is CCNC(=O)NS(=O)(=O)c1cnccc1Nc1ccccc1Cl. The number of hydrogen-bond donors (Lipinski definition) is 3. The van der Waals surface area contributed by atoms with E-state index in [9.17, 15) is 13.2 Å². The molecular weight excluding hydrogens is 340 g/mol. The molecule has 0 bridgehead atoms. The van der Waals surface area contributed by atoms with Crippen LogP contribution in [0, 0.1) is 0 Å². The lowest BCUT2D eigenvalue weighted by Crippen LogP contribution is -2.39. The Morgan fingerprint density at radius 1 is 1.22 bits per heavy atom. The Morgan fingerprint density at radius 2 is 1.96 bits per heavy atom. The second-order valence-electron chi connectivity index (χ2n) is 4.44. The molecule has 3 N–H and O–H groups in total. The van der Waals surface area contributed by atoms with Crippen LogP contribution in [0.15, 0.2) is 47.6 Å². The number of aromatic nitrogens is 1. The van der Waals surface area contributed by atoms with E-state index >= 15 is 0 Å². The topological polar surface area (TPSA) is 100 Å². The maximum absolute atomic E-state index is 12.3. The van der Waals surface area contributed by atoms with Crippen LogP contribution in [0.5, 0.6) is 0 Å². The highest BCUT2D eigenvalue weighted by atomic mass is 35.5. The zero-order valence-electron chi connectivity index (χ0n) is 12.2. The lowest BCUT2D eigenvalue weighted by Gasteiger charge is -2.13. The molecule has 0 aliphatic rings. The van der Waals surface area contributed by atoms with Crippen LogP contribution < -0.4 is 15.4 Å². The Morgan fingerprint density at radius 3 is 2.65 bits per heavy atom. The summed E-state index contributed by atoms with van der Waals surface area (Å²) in [5, 5.41) is 5.72. The van der Waals surface area contributed by atoms with E-state index in [1.54, 1.807) is 31.2 Å². The van der Waals surface area contributed by atoms with Crippen LogP contribution in [-0.2, 0) is 10.0 Å². The third-order valence-corrected chi connectivity index (χ3v) is 4.47. The van der Waals surface area contributed by atoms with E-state index in [0.717, 1.165) is 6.20 Å². The second-order valence-corrected chi connectivity index (χ2v) is 6.50. The quantitative estimate of drug-likeness (QED) is 0.766. The summed E-state index contributed by atoms with van der Waals surface area (Å²) in [7, 11) is -4.08. The Balaban J connectivity index is 2.34. The van der Waals surface area contributed by atoms with Crippen LogP contribution in [0.3, 0.4) is 0 Å². The molecule has 0 spiro atoms. The first-order chi connectivity index (χ1) is 10.9. The molecule has 122 valence electrons. The van der Waals surface area contributed by atoms with Gasteiger partial charge in [-0.15, -0.1) is 0 Å². The van der Waals surface area contributed by atoms with E-state index < -0.39 is 16.1 Å². The highest BCUT2D eigenvalue weighted by Crippen LogP contribution is 2.28. The molecule has 0 fully saturated rings. The summed E-state index contributed by atoms with van der Waals surface area (Å²) < 4.78 is 26.6. The van der Waals surface area contributed by atoms with Crippen molar-refractivity contribution in [3.05, 3.63) is 47.7 Å². The normalized spacial score (nSPS) is 10.9. The van der Waals surface area contributed by atoms with Gasteiger partial charge in [-0.2, -0.15) is 0 Å². The zero-order chi connectivity index (χ0) is 16.9. The maximum Gasteiger partial charge on any atom is 0.328 e. The third kappa shape index (κ3) is 4.33. The van der Waals surface area contributed by atoms with Gasteiger partial charge in [0.25, 0.3) is 10.0 Å². The van der Waals surface area contributed by atoms with Crippen molar-refractivity contribution in [2.24, 2.45) is 0 Å². The molecule has 2 rings (SSSR count). The fourth-order valence-corrected chi connectivity index (χ4v) is 3.00. The smallest absolute Gasteiger partial charge is 0.328 e. The summed E-state index contributed by atoms with van der Waals surface area (Å²) in [6.07, 6.45) is 2.59. The van der Waals surface area contributed by atoms with Gasteiger partial charge in [0, 0.05) is 18.9 Å². The van der Waals surface area contributed by atoms with Crippen molar-refractivity contribution < 1.29 is 13.2 Å². The minimum Gasteiger partial charge on any atom is -0.353 e. The molecule has 0 aliphatic carbocycles. The first kappa shape index (κ1) is 17.0. The highest BCUT2D eigenvalue weighted by Gasteiger charge is 2.21. The molecule has 1 heterocycles. The number of amides is 2. The van der Waals surface area contributed by atoms with Crippen LogP contribution in [0.4, 0.5) is 16.2 Å². The standard InChI is InChI=1S/C14H15ClN4O3S/c1-2-17-14(20)19-23(21,22)13-9-16-8-7-12(13)18-11-6-4-3-5-10(11)15/h3-9H,2H2,1H3,(H,16,18)(H2,17,19,20). The van der Waals surface area contributed by atoms with Crippen LogP contribution in [0.25, 0.3) is 0 Å². The molecule has 2 amide bonds. The van der Waals surface area contributed by atoms with Crippen molar-refractivity contribution in [2.45, 2.75) is 11.8 Å². The minimum absolute atomic E-state index is 0.161. The lowest BCUT2D eigenvalue weighted by molar-refractivity contribution is 0.246. The Bertz CT molecular complexity index is 811. The van der Waals surface area contributed by atoms with E-state index in [4.69, 9.17) is 11.6 Å². The summed E-state index contributed by atoms with van der Waals surface area (Å²) in [5.41, 5.74) is 0.791. The van der Waals surface area contributed by atoms with E-state index in [2.05, 4.69) is 15.6 Å². The van der Waals surface area contributed by atoms with E-state index in [1.807, 2.05) is 4.72 Å². The first-order valence-electron chi connectivity index (χ1n) is 6.70. The number of rotatable bonds is 5. The summed E-state index contributed by atoms with van der Waals surface area (Å²) >= 11 is 6.06. The van der Waals surface area contributed by atoms with Gasteiger partial charge < -0.3 is 10.6 Å². The van der Waals surface area contributed by atoms with Gasteiger partial charge in [0.15, 0.2) is 0 Å². The second kappa shape index (κ2) is 7.30. The summed E-state index contributed by atoms with van der Waals surface area (Å²) in [6.45, 7) is 1.99. The summed E-state index contributed by atoms with van der Waals surface area (Å²) in [5.74, 6) is 0. The van der Waals surface area contributed by atoms with Crippen LogP contribution >= 0.6 is 11.6 Å². The van der Waals surface area contributed by atoms with Crippen LogP contribution in [0.2, 0.25) is 5.02 Å². The van der Waals surface area contributed by atoms with Crippen LogP contribution in [0.1, 0.15) is 6.92 Å². The molecule has 1 aromatic heterocycles. The minimum atomic E-state index is -4.08. The average molecular weight is 355 g/mol. The van der Waals surface area contributed by atoms with Crippen molar-refractivity contribution in [1.29, 1.82) is 0 Å². The number of urea groups is 1. The summed E-state index contributed by atoms with van der Waals surface area (Å²) in [4.78, 5) is 15.1. The Hall–Kier alpha value is -2.32. The number of anilines is 2. The van der Waals surface area contributed by atoms with Crippen molar-refractivity contribution in [3.8, 4) is 0 Å². The van der Waals surface area contributed by atoms with Gasteiger partial charge in [0.05, 0.1) is 16.4 Å². The molecule has 23 heavy (non-hydrogen) atoms.